The maximum atomic E-state index is 14.9. The van der Waals surface area contributed by atoms with Crippen LogP contribution in [0.15, 0.2) is 35.2 Å². The van der Waals surface area contributed by atoms with Gasteiger partial charge in [-0.1, -0.05) is 26.0 Å². The number of ether oxygens (including phenoxy) is 1. The number of hydrogen-bond donors (Lipinski definition) is 2. The summed E-state index contributed by atoms with van der Waals surface area (Å²) in [5.74, 6) is -2.89. The number of likely N-dealkylation sites (N-methyl/N-ethyl adjacent to an activating group) is 1. The predicted molar refractivity (Wildman–Crippen MR) is 124 cm³/mol. The third-order valence-electron chi connectivity index (χ3n) is 6.28. The molecule has 4 rings (SSSR count). The van der Waals surface area contributed by atoms with E-state index in [-0.39, 0.29) is 40.2 Å². The third kappa shape index (κ3) is 4.65. The number of fused-ring (bicyclic) bond motifs is 3. The van der Waals surface area contributed by atoms with Crippen molar-refractivity contribution in [3.05, 3.63) is 58.7 Å². The Morgan fingerprint density at radius 2 is 2.00 bits per heavy atom. The van der Waals surface area contributed by atoms with Gasteiger partial charge in [0.05, 0.1) is 17.2 Å². The fourth-order valence-electron chi connectivity index (χ4n) is 4.31. The zero-order valence-electron chi connectivity index (χ0n) is 18.8. The number of carboxylic acids is 1. The lowest BCUT2D eigenvalue weighted by molar-refractivity contribution is 0.0692. The molecule has 1 aliphatic heterocycles. The molecule has 0 radical (unpaired) electrons. The van der Waals surface area contributed by atoms with Gasteiger partial charge in [-0.05, 0) is 55.3 Å². The average Bonchev–Trinajstić information content (AvgIpc) is 3.55. The van der Waals surface area contributed by atoms with E-state index in [2.05, 4.69) is 9.62 Å². The molecule has 0 unspecified atom stereocenters. The number of carboxylic acid groups (broad SMARTS) is 1. The quantitative estimate of drug-likeness (QED) is 0.542. The van der Waals surface area contributed by atoms with Crippen molar-refractivity contribution in [3.8, 4) is 5.75 Å². The van der Waals surface area contributed by atoms with Gasteiger partial charge in [0.1, 0.15) is 22.9 Å². The number of anilines is 1. The Kier molecular flexibility index (Phi) is 6.64. The molecule has 10 heteroatoms. The van der Waals surface area contributed by atoms with Gasteiger partial charge in [0.2, 0.25) is 0 Å². The number of aromatic carboxylic acids is 1. The number of nitrogens with one attached hydrogen (secondary N) is 1. The van der Waals surface area contributed by atoms with E-state index in [1.165, 1.54) is 6.08 Å². The number of nitrogens with zero attached hydrogens (tertiary/aromatic N) is 1. The second-order valence-corrected chi connectivity index (χ2v) is 10.1. The number of rotatable bonds is 9. The summed E-state index contributed by atoms with van der Waals surface area (Å²) in [5, 5.41) is 9.78. The molecule has 1 fully saturated rings. The average molecular weight is 493 g/mol. The smallest absolute Gasteiger partial charge is 0.341 e. The Hall–Kier alpha value is -2.98. The van der Waals surface area contributed by atoms with Crippen molar-refractivity contribution in [2.45, 2.75) is 31.1 Å². The zero-order chi connectivity index (χ0) is 24.6. The first-order valence-electron chi connectivity index (χ1n) is 11.1. The molecular formula is C24H26F2N2O5S. The summed E-state index contributed by atoms with van der Waals surface area (Å²) in [7, 11) is -4.39. The summed E-state index contributed by atoms with van der Waals surface area (Å²) in [6.07, 6.45) is 3.92. The third-order valence-corrected chi connectivity index (χ3v) is 7.72. The summed E-state index contributed by atoms with van der Waals surface area (Å²) >= 11 is 0. The van der Waals surface area contributed by atoms with Gasteiger partial charge >= 0.3 is 5.97 Å². The molecule has 182 valence electrons. The highest BCUT2D eigenvalue weighted by atomic mass is 32.2. The summed E-state index contributed by atoms with van der Waals surface area (Å²) in [6.45, 7) is 6.36. The van der Waals surface area contributed by atoms with E-state index in [1.54, 1.807) is 6.08 Å². The van der Waals surface area contributed by atoms with Crippen molar-refractivity contribution >= 4 is 27.8 Å². The van der Waals surface area contributed by atoms with Crippen molar-refractivity contribution in [2.24, 2.45) is 5.92 Å². The van der Waals surface area contributed by atoms with Crippen molar-refractivity contribution in [3.63, 3.8) is 0 Å². The number of carbonyl (C=O) groups is 1. The molecule has 2 N–H and O–H groups in total. The van der Waals surface area contributed by atoms with E-state index in [4.69, 9.17) is 4.74 Å². The van der Waals surface area contributed by atoms with Gasteiger partial charge in [0, 0.05) is 18.0 Å². The Morgan fingerprint density at radius 3 is 2.68 bits per heavy atom. The lowest BCUT2D eigenvalue weighted by Gasteiger charge is -2.22. The van der Waals surface area contributed by atoms with Crippen LogP contribution >= 0.6 is 0 Å². The first kappa shape index (κ1) is 24.2. The minimum atomic E-state index is -4.39. The van der Waals surface area contributed by atoms with Crippen LogP contribution in [0, 0.1) is 17.6 Å². The number of benzene rings is 2. The van der Waals surface area contributed by atoms with Gasteiger partial charge in [0.25, 0.3) is 10.0 Å². The Labute approximate surface area is 197 Å². The minimum absolute atomic E-state index is 0.0898. The molecule has 1 saturated carbocycles. The van der Waals surface area contributed by atoms with Gasteiger partial charge in [-0.2, -0.15) is 0 Å². The van der Waals surface area contributed by atoms with Crippen LogP contribution in [0.25, 0.3) is 6.08 Å². The molecule has 1 heterocycles. The van der Waals surface area contributed by atoms with Crippen LogP contribution in [-0.2, 0) is 10.0 Å². The molecule has 0 saturated heterocycles. The number of hydrogen-bond acceptors (Lipinski definition) is 5. The highest BCUT2D eigenvalue weighted by molar-refractivity contribution is 7.92. The summed E-state index contributed by atoms with van der Waals surface area (Å²) in [4.78, 5) is 13.8. The Morgan fingerprint density at radius 1 is 1.26 bits per heavy atom. The summed E-state index contributed by atoms with van der Waals surface area (Å²) < 4.78 is 63.0. The summed E-state index contributed by atoms with van der Waals surface area (Å²) in [5.41, 5.74) is -0.609. The first-order valence-corrected chi connectivity index (χ1v) is 12.6. The van der Waals surface area contributed by atoms with Crippen LogP contribution in [0.3, 0.4) is 0 Å². The standard InChI is InChI=1S/C24H26F2N2O5S/c1-3-28(4-2)9-5-6-14-10-16(25)7-8-20(14)34(31,32)27-19-12-18(26)21-17-11-15(17)13-33-23(21)22(19)24(29)30/h5-8,10,12,15,17,27H,3-4,9,11,13H2,1-2H3,(H,29,30)/b6-5-/t15-,17-/m0/s1. The monoisotopic (exact) mass is 492 g/mol. The Balaban J connectivity index is 1.71. The van der Waals surface area contributed by atoms with E-state index < -0.39 is 38.9 Å². The van der Waals surface area contributed by atoms with Crippen LogP contribution in [0.4, 0.5) is 14.5 Å². The fourth-order valence-corrected chi connectivity index (χ4v) is 5.56. The highest BCUT2D eigenvalue weighted by Gasteiger charge is 2.47. The first-order chi connectivity index (χ1) is 16.2. The normalized spacial score (nSPS) is 19.0. The molecule has 7 nitrogen and oxygen atoms in total. The topological polar surface area (TPSA) is 95.9 Å². The molecule has 1 aliphatic carbocycles. The highest BCUT2D eigenvalue weighted by Crippen LogP contribution is 2.56. The van der Waals surface area contributed by atoms with Crippen LogP contribution in [-0.4, -0.2) is 50.6 Å². The van der Waals surface area contributed by atoms with Gasteiger partial charge in [-0.3, -0.25) is 4.72 Å². The van der Waals surface area contributed by atoms with Crippen molar-refractivity contribution in [1.29, 1.82) is 0 Å². The summed E-state index contributed by atoms with van der Waals surface area (Å²) in [6, 6.07) is 4.05. The van der Waals surface area contributed by atoms with Gasteiger partial charge < -0.3 is 14.7 Å². The van der Waals surface area contributed by atoms with Crippen LogP contribution in [0.1, 0.15) is 47.7 Å². The largest absolute Gasteiger partial charge is 0.492 e. The van der Waals surface area contributed by atoms with E-state index in [1.807, 2.05) is 13.8 Å². The molecule has 2 atom stereocenters. The second kappa shape index (κ2) is 9.34. The lowest BCUT2D eigenvalue weighted by Crippen LogP contribution is -2.22. The van der Waals surface area contributed by atoms with Crippen molar-refractivity contribution in [1.82, 2.24) is 4.90 Å². The van der Waals surface area contributed by atoms with E-state index >= 15 is 0 Å². The van der Waals surface area contributed by atoms with Crippen LogP contribution < -0.4 is 9.46 Å². The number of halogens is 2. The lowest BCUT2D eigenvalue weighted by atomic mass is 9.99. The maximum Gasteiger partial charge on any atom is 0.341 e. The van der Waals surface area contributed by atoms with Crippen molar-refractivity contribution in [2.75, 3.05) is 31.0 Å². The van der Waals surface area contributed by atoms with Crippen LogP contribution in [0.5, 0.6) is 5.75 Å². The Bertz CT molecular complexity index is 1260. The molecule has 0 amide bonds. The molecule has 34 heavy (non-hydrogen) atoms. The molecule has 0 aromatic heterocycles. The van der Waals surface area contributed by atoms with Gasteiger partial charge in [0.15, 0.2) is 0 Å². The zero-order valence-corrected chi connectivity index (χ0v) is 19.7. The van der Waals surface area contributed by atoms with Crippen molar-refractivity contribution < 1.29 is 31.8 Å². The molecule has 0 bridgehead atoms. The SMILES string of the molecule is CCN(CC)C/C=C\c1cc(F)ccc1S(=O)(=O)Nc1cc(F)c2c(c1C(=O)O)OC[C@@H]1C[C@H]21. The second-order valence-electron chi connectivity index (χ2n) is 8.42. The minimum Gasteiger partial charge on any atom is -0.492 e. The van der Waals surface area contributed by atoms with E-state index in [0.717, 1.165) is 37.4 Å². The van der Waals surface area contributed by atoms with E-state index in [0.29, 0.717) is 13.0 Å². The molecule has 0 spiro atoms. The van der Waals surface area contributed by atoms with E-state index in [9.17, 15) is 27.1 Å². The maximum absolute atomic E-state index is 14.9. The fraction of sp³-hybridized carbons (Fsp3) is 0.375. The predicted octanol–water partition coefficient (Wildman–Crippen LogP) is 4.31. The molecule has 2 aliphatic rings. The van der Waals surface area contributed by atoms with Crippen LogP contribution in [0.2, 0.25) is 0 Å². The van der Waals surface area contributed by atoms with Gasteiger partial charge in [-0.15, -0.1) is 0 Å². The van der Waals surface area contributed by atoms with Gasteiger partial charge in [-0.25, -0.2) is 22.0 Å². The molecule has 2 aromatic carbocycles. The molecular weight excluding hydrogens is 466 g/mol. The molecule has 2 aromatic rings. The number of sulfonamides is 1.